The number of methoxy groups -OCH3 is 1. The van der Waals surface area contributed by atoms with Crippen LogP contribution in [0.3, 0.4) is 0 Å². The lowest BCUT2D eigenvalue weighted by Gasteiger charge is -2.08. The van der Waals surface area contributed by atoms with Crippen molar-refractivity contribution in [3.63, 3.8) is 0 Å². The first kappa shape index (κ1) is 14.4. The number of halogens is 1. The third-order valence-corrected chi connectivity index (χ3v) is 2.46. The molecular formula is C13H19FN2O2. The highest BCUT2D eigenvalue weighted by atomic mass is 19.1. The zero-order valence-electron chi connectivity index (χ0n) is 10.7. The van der Waals surface area contributed by atoms with Crippen molar-refractivity contribution in [3.8, 4) is 5.75 Å². The summed E-state index contributed by atoms with van der Waals surface area (Å²) in [5, 5.41) is 2.74. The Kier molecular flexibility index (Phi) is 5.58. The fourth-order valence-electron chi connectivity index (χ4n) is 1.58. The summed E-state index contributed by atoms with van der Waals surface area (Å²) in [6.07, 6.45) is 0.878. The van der Waals surface area contributed by atoms with Gasteiger partial charge in [0.2, 0.25) is 5.91 Å². The predicted molar refractivity (Wildman–Crippen MR) is 67.9 cm³/mol. The number of hydrogen-bond donors (Lipinski definition) is 2. The van der Waals surface area contributed by atoms with Crippen molar-refractivity contribution in [2.45, 2.75) is 25.8 Å². The normalized spacial score (nSPS) is 12.0. The van der Waals surface area contributed by atoms with Crippen LogP contribution in [-0.4, -0.2) is 25.6 Å². The van der Waals surface area contributed by atoms with Crippen molar-refractivity contribution < 1.29 is 13.9 Å². The summed E-state index contributed by atoms with van der Waals surface area (Å²) in [5.41, 5.74) is 6.32. The number of nitrogens with two attached hydrogens (primary N) is 1. The molecule has 0 saturated carbocycles. The molecule has 1 atom stereocenters. The van der Waals surface area contributed by atoms with E-state index in [1.54, 1.807) is 19.1 Å². The van der Waals surface area contributed by atoms with Crippen molar-refractivity contribution in [2.75, 3.05) is 13.7 Å². The Balaban J connectivity index is 2.40. The van der Waals surface area contributed by atoms with Crippen molar-refractivity contribution in [3.05, 3.63) is 29.6 Å². The Morgan fingerprint density at radius 2 is 2.28 bits per heavy atom. The van der Waals surface area contributed by atoms with Gasteiger partial charge in [0.25, 0.3) is 0 Å². The highest BCUT2D eigenvalue weighted by Crippen LogP contribution is 2.17. The topological polar surface area (TPSA) is 64.3 Å². The third-order valence-electron chi connectivity index (χ3n) is 2.46. The predicted octanol–water partition coefficient (Wildman–Crippen LogP) is 1.23. The standard InChI is InChI=1S/C13H19FN2O2/c1-9(15)7-13(17)16-6-5-10-3-4-12(18-2)11(14)8-10/h3-4,8-9H,5-7,15H2,1-2H3,(H,16,17). The van der Waals surface area contributed by atoms with E-state index in [9.17, 15) is 9.18 Å². The Morgan fingerprint density at radius 3 is 2.83 bits per heavy atom. The van der Waals surface area contributed by atoms with E-state index >= 15 is 0 Å². The molecule has 1 unspecified atom stereocenters. The summed E-state index contributed by atoms with van der Waals surface area (Å²) in [6.45, 7) is 2.25. The van der Waals surface area contributed by atoms with E-state index in [1.165, 1.54) is 13.2 Å². The molecule has 0 aliphatic heterocycles. The molecule has 3 N–H and O–H groups in total. The molecule has 1 rings (SSSR count). The van der Waals surface area contributed by atoms with Crippen LogP contribution in [0.25, 0.3) is 0 Å². The van der Waals surface area contributed by atoms with Gasteiger partial charge in [0.15, 0.2) is 11.6 Å². The van der Waals surface area contributed by atoms with Crippen molar-refractivity contribution >= 4 is 5.91 Å². The van der Waals surface area contributed by atoms with Crippen molar-refractivity contribution in [1.29, 1.82) is 0 Å². The fraction of sp³-hybridized carbons (Fsp3) is 0.462. The minimum atomic E-state index is -0.392. The molecule has 0 spiro atoms. The van der Waals surface area contributed by atoms with Crippen LogP contribution in [-0.2, 0) is 11.2 Å². The van der Waals surface area contributed by atoms with Crippen molar-refractivity contribution in [1.82, 2.24) is 5.32 Å². The number of amides is 1. The Morgan fingerprint density at radius 1 is 1.56 bits per heavy atom. The van der Waals surface area contributed by atoms with Gasteiger partial charge in [-0.3, -0.25) is 4.79 Å². The minimum absolute atomic E-state index is 0.0843. The lowest BCUT2D eigenvalue weighted by Crippen LogP contribution is -2.31. The first-order valence-corrected chi connectivity index (χ1v) is 5.87. The second-order valence-electron chi connectivity index (χ2n) is 4.25. The Hall–Kier alpha value is -1.62. The van der Waals surface area contributed by atoms with E-state index in [2.05, 4.69) is 5.32 Å². The number of nitrogens with one attached hydrogen (secondary N) is 1. The Bertz CT molecular complexity index is 408. The zero-order valence-corrected chi connectivity index (χ0v) is 10.7. The van der Waals surface area contributed by atoms with Crippen LogP contribution >= 0.6 is 0 Å². The van der Waals surface area contributed by atoms with Gasteiger partial charge in [0.05, 0.1) is 7.11 Å². The SMILES string of the molecule is COc1ccc(CCNC(=O)CC(C)N)cc1F. The van der Waals surface area contributed by atoms with E-state index in [-0.39, 0.29) is 17.7 Å². The van der Waals surface area contributed by atoms with Gasteiger partial charge >= 0.3 is 0 Å². The summed E-state index contributed by atoms with van der Waals surface area (Å²) in [7, 11) is 1.42. The molecular weight excluding hydrogens is 235 g/mol. The largest absolute Gasteiger partial charge is 0.494 e. The van der Waals surface area contributed by atoms with Gasteiger partial charge in [-0.05, 0) is 31.0 Å². The first-order chi connectivity index (χ1) is 8.52. The fourth-order valence-corrected chi connectivity index (χ4v) is 1.58. The van der Waals surface area contributed by atoms with Gasteiger partial charge in [0, 0.05) is 19.0 Å². The van der Waals surface area contributed by atoms with Crippen LogP contribution in [0.2, 0.25) is 0 Å². The molecule has 1 aromatic rings. The maximum atomic E-state index is 13.4. The highest BCUT2D eigenvalue weighted by Gasteiger charge is 2.06. The van der Waals surface area contributed by atoms with E-state index in [0.29, 0.717) is 19.4 Å². The van der Waals surface area contributed by atoms with Gasteiger partial charge in [-0.25, -0.2) is 4.39 Å². The smallest absolute Gasteiger partial charge is 0.221 e. The molecule has 0 fully saturated rings. The molecule has 0 aliphatic rings. The van der Waals surface area contributed by atoms with E-state index < -0.39 is 5.82 Å². The number of carbonyl (C=O) groups is 1. The van der Waals surface area contributed by atoms with Crippen molar-refractivity contribution in [2.24, 2.45) is 5.73 Å². The van der Waals surface area contributed by atoms with E-state index in [1.807, 2.05) is 0 Å². The molecule has 0 saturated heterocycles. The molecule has 0 radical (unpaired) electrons. The summed E-state index contributed by atoms with van der Waals surface area (Å²) >= 11 is 0. The highest BCUT2D eigenvalue weighted by molar-refractivity contribution is 5.76. The summed E-state index contributed by atoms with van der Waals surface area (Å²) in [5.74, 6) is -0.254. The van der Waals surface area contributed by atoms with Crippen LogP contribution in [0.15, 0.2) is 18.2 Å². The van der Waals surface area contributed by atoms with Gasteiger partial charge in [-0.2, -0.15) is 0 Å². The average Bonchev–Trinajstić information content (AvgIpc) is 2.28. The van der Waals surface area contributed by atoms with Crippen LogP contribution < -0.4 is 15.8 Å². The Labute approximate surface area is 106 Å². The number of benzene rings is 1. The average molecular weight is 254 g/mol. The molecule has 100 valence electrons. The van der Waals surface area contributed by atoms with E-state index in [0.717, 1.165) is 5.56 Å². The lowest BCUT2D eigenvalue weighted by atomic mass is 10.1. The summed E-state index contributed by atoms with van der Waals surface area (Å²) in [6, 6.07) is 4.62. The summed E-state index contributed by atoms with van der Waals surface area (Å²) < 4.78 is 18.2. The molecule has 18 heavy (non-hydrogen) atoms. The summed E-state index contributed by atoms with van der Waals surface area (Å²) in [4.78, 5) is 11.3. The number of ether oxygens (including phenoxy) is 1. The van der Waals surface area contributed by atoms with Gasteiger partial charge in [0.1, 0.15) is 0 Å². The van der Waals surface area contributed by atoms with Crippen LogP contribution in [0, 0.1) is 5.82 Å². The van der Waals surface area contributed by atoms with Gasteiger partial charge < -0.3 is 15.8 Å². The quantitative estimate of drug-likeness (QED) is 0.802. The van der Waals surface area contributed by atoms with Gasteiger partial charge in [-0.1, -0.05) is 6.07 Å². The molecule has 0 heterocycles. The number of hydrogen-bond acceptors (Lipinski definition) is 3. The molecule has 4 nitrogen and oxygen atoms in total. The third kappa shape index (κ3) is 4.71. The molecule has 0 aromatic heterocycles. The molecule has 0 aliphatic carbocycles. The van der Waals surface area contributed by atoms with Crippen LogP contribution in [0.4, 0.5) is 4.39 Å². The lowest BCUT2D eigenvalue weighted by molar-refractivity contribution is -0.121. The maximum absolute atomic E-state index is 13.4. The van der Waals surface area contributed by atoms with Crippen LogP contribution in [0.5, 0.6) is 5.75 Å². The van der Waals surface area contributed by atoms with E-state index in [4.69, 9.17) is 10.5 Å². The van der Waals surface area contributed by atoms with Gasteiger partial charge in [-0.15, -0.1) is 0 Å². The number of carbonyl (C=O) groups excluding carboxylic acids is 1. The van der Waals surface area contributed by atoms with Crippen LogP contribution in [0.1, 0.15) is 18.9 Å². The molecule has 5 heteroatoms. The second kappa shape index (κ2) is 6.96. The first-order valence-electron chi connectivity index (χ1n) is 5.87. The second-order valence-corrected chi connectivity index (χ2v) is 4.25. The molecule has 1 aromatic carbocycles. The molecule has 1 amide bonds. The minimum Gasteiger partial charge on any atom is -0.494 e. The molecule has 0 bridgehead atoms. The number of rotatable bonds is 6. The zero-order chi connectivity index (χ0) is 13.5. The maximum Gasteiger partial charge on any atom is 0.221 e. The monoisotopic (exact) mass is 254 g/mol.